The van der Waals surface area contributed by atoms with Gasteiger partial charge in [0.15, 0.2) is 0 Å². The molecule has 0 atom stereocenters. The molecule has 0 bridgehead atoms. The SMILES string of the molecule is N#Cc1cc2ccc(O)c(Br)c2s1. The summed E-state index contributed by atoms with van der Waals surface area (Å²) in [7, 11) is 0. The molecule has 0 aliphatic carbocycles. The summed E-state index contributed by atoms with van der Waals surface area (Å²) in [4.78, 5) is 0.654. The Morgan fingerprint density at radius 1 is 1.46 bits per heavy atom. The number of rotatable bonds is 0. The molecule has 0 aliphatic heterocycles. The van der Waals surface area contributed by atoms with Gasteiger partial charge in [-0.25, -0.2) is 0 Å². The van der Waals surface area contributed by atoms with E-state index in [4.69, 9.17) is 5.26 Å². The van der Waals surface area contributed by atoms with E-state index >= 15 is 0 Å². The lowest BCUT2D eigenvalue weighted by atomic mass is 10.2. The van der Waals surface area contributed by atoms with Crippen LogP contribution in [0, 0.1) is 11.3 Å². The third-order valence-electron chi connectivity index (χ3n) is 1.72. The van der Waals surface area contributed by atoms with Crippen LogP contribution in [0.25, 0.3) is 10.1 Å². The van der Waals surface area contributed by atoms with Gasteiger partial charge in [-0.3, -0.25) is 0 Å². The number of nitrogens with zero attached hydrogens (tertiary/aromatic N) is 1. The molecule has 0 fully saturated rings. The van der Waals surface area contributed by atoms with Crippen molar-refractivity contribution in [1.29, 1.82) is 5.26 Å². The van der Waals surface area contributed by atoms with Crippen molar-refractivity contribution in [2.45, 2.75) is 0 Å². The second-order valence-corrected chi connectivity index (χ2v) is 4.38. The summed E-state index contributed by atoms with van der Waals surface area (Å²) < 4.78 is 1.58. The zero-order valence-corrected chi connectivity index (χ0v) is 8.82. The second kappa shape index (κ2) is 3.02. The summed E-state index contributed by atoms with van der Waals surface area (Å²) >= 11 is 4.64. The average Bonchev–Trinajstić information content (AvgIpc) is 2.55. The highest BCUT2D eigenvalue weighted by Crippen LogP contribution is 2.37. The molecule has 0 saturated carbocycles. The van der Waals surface area contributed by atoms with Gasteiger partial charge < -0.3 is 5.11 Å². The summed E-state index contributed by atoms with van der Waals surface area (Å²) in [6.07, 6.45) is 0. The Morgan fingerprint density at radius 3 is 2.92 bits per heavy atom. The van der Waals surface area contributed by atoms with Crippen molar-refractivity contribution < 1.29 is 5.11 Å². The largest absolute Gasteiger partial charge is 0.507 e. The van der Waals surface area contributed by atoms with Crippen LogP contribution in [0.15, 0.2) is 22.7 Å². The third-order valence-corrected chi connectivity index (χ3v) is 3.85. The predicted molar refractivity (Wildman–Crippen MR) is 55.9 cm³/mol. The zero-order valence-electron chi connectivity index (χ0n) is 6.41. The molecule has 4 heteroatoms. The fourth-order valence-electron chi connectivity index (χ4n) is 1.11. The van der Waals surface area contributed by atoms with Crippen LogP contribution in [0.4, 0.5) is 0 Å². The maximum atomic E-state index is 9.38. The summed E-state index contributed by atoms with van der Waals surface area (Å²) in [5.41, 5.74) is 0. The van der Waals surface area contributed by atoms with Gasteiger partial charge in [-0.15, -0.1) is 11.3 Å². The molecule has 13 heavy (non-hydrogen) atoms. The van der Waals surface area contributed by atoms with Crippen LogP contribution in [0.1, 0.15) is 4.88 Å². The van der Waals surface area contributed by atoms with Gasteiger partial charge in [0.05, 0.1) is 9.17 Å². The lowest BCUT2D eigenvalue weighted by Gasteiger charge is -1.95. The smallest absolute Gasteiger partial charge is 0.131 e. The Kier molecular flexibility index (Phi) is 1.98. The molecule has 0 radical (unpaired) electrons. The van der Waals surface area contributed by atoms with Gasteiger partial charge in [0.25, 0.3) is 0 Å². The second-order valence-electron chi connectivity index (χ2n) is 2.54. The molecule has 1 heterocycles. The summed E-state index contributed by atoms with van der Waals surface area (Å²) in [5, 5.41) is 19.0. The van der Waals surface area contributed by atoms with Crippen molar-refractivity contribution in [3.63, 3.8) is 0 Å². The molecule has 1 N–H and O–H groups in total. The highest BCUT2D eigenvalue weighted by Gasteiger charge is 2.07. The lowest BCUT2D eigenvalue weighted by molar-refractivity contribution is 0.473. The number of hydrogen-bond acceptors (Lipinski definition) is 3. The first-order valence-corrected chi connectivity index (χ1v) is 5.14. The molecule has 0 unspecified atom stereocenters. The normalized spacial score (nSPS) is 10.2. The first-order chi connectivity index (χ1) is 6.22. The monoisotopic (exact) mass is 253 g/mol. The van der Waals surface area contributed by atoms with Crippen LogP contribution in [0.5, 0.6) is 5.75 Å². The van der Waals surface area contributed by atoms with E-state index in [1.807, 2.05) is 6.07 Å². The van der Waals surface area contributed by atoms with Crippen LogP contribution in [-0.2, 0) is 0 Å². The van der Waals surface area contributed by atoms with E-state index in [2.05, 4.69) is 22.0 Å². The Labute approximate surface area is 87.2 Å². The lowest BCUT2D eigenvalue weighted by Crippen LogP contribution is -1.67. The predicted octanol–water partition coefficient (Wildman–Crippen LogP) is 3.24. The Balaban J connectivity index is 2.86. The Bertz CT molecular complexity index is 512. The van der Waals surface area contributed by atoms with Crippen molar-refractivity contribution in [3.8, 4) is 11.8 Å². The molecule has 2 aromatic rings. The summed E-state index contributed by atoms with van der Waals surface area (Å²) in [6.45, 7) is 0. The van der Waals surface area contributed by atoms with Crippen LogP contribution in [-0.4, -0.2) is 5.11 Å². The van der Waals surface area contributed by atoms with Crippen molar-refractivity contribution in [2.75, 3.05) is 0 Å². The molecular formula is C9H4BrNOS. The quantitative estimate of drug-likeness (QED) is 0.784. The summed E-state index contributed by atoms with van der Waals surface area (Å²) in [6, 6.07) is 7.30. The van der Waals surface area contributed by atoms with Gasteiger partial charge >= 0.3 is 0 Å². The zero-order chi connectivity index (χ0) is 9.42. The minimum absolute atomic E-state index is 0.207. The van der Waals surface area contributed by atoms with Gasteiger partial charge in [-0.05, 0) is 39.5 Å². The number of nitriles is 1. The van der Waals surface area contributed by atoms with E-state index in [0.29, 0.717) is 9.35 Å². The number of halogens is 1. The molecule has 0 saturated heterocycles. The number of aromatic hydroxyl groups is 1. The van der Waals surface area contributed by atoms with Crippen LogP contribution < -0.4 is 0 Å². The van der Waals surface area contributed by atoms with Gasteiger partial charge in [-0.1, -0.05) is 0 Å². The molecular weight excluding hydrogens is 250 g/mol. The van der Waals surface area contributed by atoms with Gasteiger partial charge in [0.1, 0.15) is 16.7 Å². The molecule has 0 spiro atoms. The van der Waals surface area contributed by atoms with E-state index in [1.54, 1.807) is 12.1 Å². The van der Waals surface area contributed by atoms with E-state index in [-0.39, 0.29) is 5.75 Å². The fraction of sp³-hybridized carbons (Fsp3) is 0. The van der Waals surface area contributed by atoms with Gasteiger partial charge in [0.2, 0.25) is 0 Å². The number of hydrogen-bond donors (Lipinski definition) is 1. The minimum Gasteiger partial charge on any atom is -0.507 e. The highest BCUT2D eigenvalue weighted by molar-refractivity contribution is 9.10. The first-order valence-electron chi connectivity index (χ1n) is 3.53. The standard InChI is InChI=1S/C9H4BrNOS/c10-8-7(12)2-1-5-3-6(4-11)13-9(5)8/h1-3,12H. The van der Waals surface area contributed by atoms with Gasteiger partial charge in [-0.2, -0.15) is 5.26 Å². The number of phenols is 1. The van der Waals surface area contributed by atoms with E-state index in [9.17, 15) is 5.11 Å². The number of benzene rings is 1. The van der Waals surface area contributed by atoms with Crippen molar-refractivity contribution in [1.82, 2.24) is 0 Å². The molecule has 2 rings (SSSR count). The summed E-state index contributed by atoms with van der Waals surface area (Å²) in [5.74, 6) is 0.207. The fourth-order valence-corrected chi connectivity index (χ4v) is 2.61. The van der Waals surface area contributed by atoms with Crippen molar-refractivity contribution >= 4 is 37.4 Å². The highest BCUT2D eigenvalue weighted by atomic mass is 79.9. The maximum Gasteiger partial charge on any atom is 0.131 e. The van der Waals surface area contributed by atoms with Gasteiger partial charge in [0, 0.05) is 0 Å². The topological polar surface area (TPSA) is 44.0 Å². The third kappa shape index (κ3) is 1.30. The Morgan fingerprint density at radius 2 is 2.23 bits per heavy atom. The van der Waals surface area contributed by atoms with Crippen molar-refractivity contribution in [2.24, 2.45) is 0 Å². The van der Waals surface area contributed by atoms with E-state index in [0.717, 1.165) is 10.1 Å². The van der Waals surface area contributed by atoms with Crippen LogP contribution in [0.3, 0.4) is 0 Å². The van der Waals surface area contributed by atoms with Crippen molar-refractivity contribution in [3.05, 3.63) is 27.5 Å². The molecule has 1 aromatic heterocycles. The Hall–Kier alpha value is -1.05. The van der Waals surface area contributed by atoms with E-state index < -0.39 is 0 Å². The number of thiophene rings is 1. The molecule has 0 aliphatic rings. The van der Waals surface area contributed by atoms with E-state index in [1.165, 1.54) is 11.3 Å². The number of fused-ring (bicyclic) bond motifs is 1. The maximum absolute atomic E-state index is 9.38. The molecule has 1 aromatic carbocycles. The molecule has 0 amide bonds. The van der Waals surface area contributed by atoms with Crippen LogP contribution >= 0.6 is 27.3 Å². The molecule has 64 valence electrons. The first kappa shape index (κ1) is 8.54. The minimum atomic E-state index is 0.207. The number of phenolic OH excluding ortho intramolecular Hbond substituents is 1. The average molecular weight is 254 g/mol. The van der Waals surface area contributed by atoms with Crippen LogP contribution in [0.2, 0.25) is 0 Å². The molecule has 2 nitrogen and oxygen atoms in total.